The molecule has 14 N–H and O–H groups in total. The number of carbonyl (C=O) groups is 7. The largest absolute Gasteiger partial charge is 0.370 e. The van der Waals surface area contributed by atoms with E-state index in [4.69, 9.17) is 5.73 Å². The van der Waals surface area contributed by atoms with E-state index in [1.807, 2.05) is 0 Å². The highest BCUT2D eigenvalue weighted by molar-refractivity contribution is 5.80. The van der Waals surface area contributed by atoms with E-state index in [-0.39, 0.29) is 120 Å². The lowest BCUT2D eigenvalue weighted by Crippen LogP contribution is -2.82. The zero-order valence-electron chi connectivity index (χ0n) is 34.4. The molecule has 58 heavy (non-hydrogen) atoms. The van der Waals surface area contributed by atoms with Gasteiger partial charge in [0, 0.05) is 81.3 Å². The third-order valence-electron chi connectivity index (χ3n) is 14.2. The van der Waals surface area contributed by atoms with Gasteiger partial charge in [-0.1, -0.05) is 19.3 Å². The number of carbonyl (C=O) groups excluding carboxylic acids is 7. The Balaban J connectivity index is 0.895. The van der Waals surface area contributed by atoms with Gasteiger partial charge in [0.05, 0.1) is 57.4 Å². The molecule has 12 atom stereocenters. The molecule has 6 fully saturated rings. The van der Waals surface area contributed by atoms with Crippen LogP contribution in [0.2, 0.25) is 0 Å². The lowest BCUT2D eigenvalue weighted by Gasteiger charge is -2.25. The molecule has 0 aromatic heterocycles. The Labute approximate surface area is 342 Å². The molecule has 17 nitrogen and oxygen atoms in total. The van der Waals surface area contributed by atoms with Gasteiger partial charge in [0.25, 0.3) is 0 Å². The second-order valence-corrected chi connectivity index (χ2v) is 18.5. The van der Waals surface area contributed by atoms with Crippen molar-refractivity contribution in [3.63, 3.8) is 0 Å². The molecule has 3 heterocycles. The highest BCUT2D eigenvalue weighted by Gasteiger charge is 2.40. The van der Waals surface area contributed by atoms with Crippen LogP contribution in [0.4, 0.5) is 0 Å². The van der Waals surface area contributed by atoms with E-state index in [0.717, 1.165) is 90.5 Å². The Morgan fingerprint density at radius 3 is 1.02 bits per heavy atom. The third-order valence-corrected chi connectivity index (χ3v) is 14.2. The number of rotatable bonds is 18. The van der Waals surface area contributed by atoms with Gasteiger partial charge in [-0.15, -0.1) is 0 Å². The Kier molecular flexibility index (Phi) is 15.8. The molecular weight excluding hydrogens is 745 g/mol. The summed E-state index contributed by atoms with van der Waals surface area (Å²) in [6, 6.07) is -0.375. The lowest BCUT2D eigenvalue weighted by atomic mass is 9.94. The van der Waals surface area contributed by atoms with E-state index in [0.29, 0.717) is 38.6 Å². The highest BCUT2D eigenvalue weighted by atomic mass is 16.2. The fraction of sp³-hybridized carbons (Fsp3) is 0.829. The van der Waals surface area contributed by atoms with Gasteiger partial charge in [0.1, 0.15) is 0 Å². The van der Waals surface area contributed by atoms with Crippen molar-refractivity contribution < 1.29 is 49.5 Å². The molecule has 6 rings (SSSR count). The van der Waals surface area contributed by atoms with E-state index < -0.39 is 0 Å². The number of nitrogens with two attached hydrogens (primary N) is 4. The number of hydrogen-bond donors (Lipinski definition) is 10. The van der Waals surface area contributed by atoms with Crippen molar-refractivity contribution in [2.45, 2.75) is 139 Å². The Bertz CT molecular complexity index is 1390. The standard InChI is InChI=1S/C41H68N10O7/c1-23(52)46-33-20-43-17-27(33)14-39(56)48-31-9-3-6-25(31)12-37(54)51-35-22-45-19-29(35)16-41(58)49-32-10-4-7-26(32)13-38(55)50-34-21-44-18-28(34)15-40(57)47-30-8-2-5-24(30)11-36(42)53/h24-35,43-45H,2-22H2,1H3,(H2,42,53)(H,46,52)(H,47,57)(H,48,56)(H,49,58)(H,50,55)(H,51,54)/p+3/t24-,25-,26-,27+,28+,29+,30+,31+,32+,33+,34+,35+/m1/s1. The Morgan fingerprint density at radius 1 is 0.397 bits per heavy atom. The Morgan fingerprint density at radius 2 is 0.690 bits per heavy atom. The third kappa shape index (κ3) is 12.6. The molecule has 17 heteroatoms. The minimum absolute atomic E-state index is 0.00131. The second kappa shape index (κ2) is 20.9. The summed E-state index contributed by atoms with van der Waals surface area (Å²) in [5.74, 6) is -0.308. The van der Waals surface area contributed by atoms with Crippen molar-refractivity contribution >= 4 is 41.4 Å². The monoisotopic (exact) mass is 816 g/mol. The molecule has 0 bridgehead atoms. The number of primary amides is 1. The predicted molar refractivity (Wildman–Crippen MR) is 212 cm³/mol. The summed E-state index contributed by atoms with van der Waals surface area (Å²) < 4.78 is 0. The summed E-state index contributed by atoms with van der Waals surface area (Å²) in [7, 11) is 0. The first-order valence-corrected chi connectivity index (χ1v) is 22.4. The predicted octanol–water partition coefficient (Wildman–Crippen LogP) is -4.28. The Hall–Kier alpha value is -3.83. The fourth-order valence-corrected chi connectivity index (χ4v) is 11.2. The van der Waals surface area contributed by atoms with Crippen LogP contribution in [-0.2, 0) is 33.6 Å². The molecule has 3 aliphatic carbocycles. The summed E-state index contributed by atoms with van der Waals surface area (Å²) in [4.78, 5) is 89.1. The number of hydrogen-bond acceptors (Lipinski definition) is 7. The summed E-state index contributed by atoms with van der Waals surface area (Å²) in [6.07, 6.45) is 9.97. The molecule has 3 saturated carbocycles. The zero-order valence-corrected chi connectivity index (χ0v) is 34.4. The molecule has 324 valence electrons. The molecule has 0 unspecified atom stereocenters. The summed E-state index contributed by atoms with van der Waals surface area (Å²) in [6.45, 7) is 6.03. The molecule has 6 aliphatic rings. The van der Waals surface area contributed by atoms with Gasteiger partial charge >= 0.3 is 0 Å². The first kappa shape index (κ1) is 43.7. The SMILES string of the molecule is CC(=O)N[C@H]1C[NH2+]C[C@@H]1CC(=O)N[C@H]1CCC[C@@H]1CC(=O)N[C@H]1C[NH2+]C[C@@H]1CC(=O)N[C@H]1CCC[C@@H]1CC(=O)N[C@H]1C[NH2+]C[C@@H]1CC(=O)N[C@H]1CCC[C@@H]1CC(N)=O. The maximum atomic E-state index is 13.4. The minimum atomic E-state index is -0.338. The molecule has 0 radical (unpaired) electrons. The van der Waals surface area contributed by atoms with Crippen LogP contribution in [0.5, 0.6) is 0 Å². The maximum Gasteiger partial charge on any atom is 0.220 e. The van der Waals surface area contributed by atoms with Gasteiger partial charge in [-0.05, 0) is 56.3 Å². The van der Waals surface area contributed by atoms with Crippen molar-refractivity contribution in [3.05, 3.63) is 0 Å². The number of quaternary nitrogens is 3. The van der Waals surface area contributed by atoms with E-state index in [2.05, 4.69) is 47.9 Å². The maximum absolute atomic E-state index is 13.4. The van der Waals surface area contributed by atoms with Gasteiger partial charge in [-0.25, -0.2) is 0 Å². The van der Waals surface area contributed by atoms with Crippen molar-refractivity contribution in [1.29, 1.82) is 0 Å². The quantitative estimate of drug-likeness (QED) is 0.0651. The normalized spacial score (nSPS) is 34.4. The van der Waals surface area contributed by atoms with E-state index in [9.17, 15) is 33.6 Å². The van der Waals surface area contributed by atoms with Gasteiger partial charge in [0.2, 0.25) is 41.4 Å². The lowest BCUT2D eigenvalue weighted by molar-refractivity contribution is -0.639. The van der Waals surface area contributed by atoms with Crippen molar-refractivity contribution in [2.24, 2.45) is 41.2 Å². The van der Waals surface area contributed by atoms with Gasteiger partial charge in [-0.2, -0.15) is 0 Å². The smallest absolute Gasteiger partial charge is 0.220 e. The van der Waals surface area contributed by atoms with Gasteiger partial charge in [-0.3, -0.25) is 33.6 Å². The minimum Gasteiger partial charge on any atom is -0.370 e. The number of amides is 7. The van der Waals surface area contributed by atoms with E-state index >= 15 is 0 Å². The molecule has 0 aromatic rings. The van der Waals surface area contributed by atoms with E-state index in [1.165, 1.54) is 6.92 Å². The van der Waals surface area contributed by atoms with Crippen LogP contribution < -0.4 is 53.6 Å². The average molecular weight is 816 g/mol. The molecule has 0 aromatic carbocycles. The van der Waals surface area contributed by atoms with Crippen LogP contribution in [0.15, 0.2) is 0 Å². The van der Waals surface area contributed by atoms with Crippen LogP contribution >= 0.6 is 0 Å². The van der Waals surface area contributed by atoms with Crippen molar-refractivity contribution in [1.82, 2.24) is 31.9 Å². The molecular formula is C41H71N10O7+3. The van der Waals surface area contributed by atoms with Crippen LogP contribution in [0.1, 0.15) is 103 Å². The van der Waals surface area contributed by atoms with Crippen molar-refractivity contribution in [3.8, 4) is 0 Å². The first-order chi connectivity index (χ1) is 27.9. The molecule has 3 saturated heterocycles. The van der Waals surface area contributed by atoms with Crippen LogP contribution in [0.25, 0.3) is 0 Å². The van der Waals surface area contributed by atoms with Crippen LogP contribution in [-0.4, -0.2) is 117 Å². The zero-order chi connectivity index (χ0) is 41.2. The summed E-state index contributed by atoms with van der Waals surface area (Å²) in [5.41, 5.74) is 5.42. The van der Waals surface area contributed by atoms with Gasteiger partial charge in [0.15, 0.2) is 0 Å². The fourth-order valence-electron chi connectivity index (χ4n) is 11.2. The molecule has 7 amide bonds. The molecule has 0 spiro atoms. The van der Waals surface area contributed by atoms with Crippen molar-refractivity contribution in [2.75, 3.05) is 39.3 Å². The summed E-state index contributed by atoms with van der Waals surface area (Å²) >= 11 is 0. The number of nitrogens with one attached hydrogen (secondary N) is 6. The average Bonchev–Trinajstić information content (AvgIpc) is 4.02. The van der Waals surface area contributed by atoms with Crippen LogP contribution in [0, 0.1) is 35.5 Å². The highest BCUT2D eigenvalue weighted by Crippen LogP contribution is 2.31. The second-order valence-electron chi connectivity index (χ2n) is 18.5. The van der Waals surface area contributed by atoms with Crippen LogP contribution in [0.3, 0.4) is 0 Å². The van der Waals surface area contributed by atoms with E-state index in [1.54, 1.807) is 0 Å². The summed E-state index contributed by atoms with van der Waals surface area (Å²) in [5, 5.41) is 25.4. The van der Waals surface area contributed by atoms with Gasteiger partial charge < -0.3 is 53.6 Å². The first-order valence-electron chi connectivity index (χ1n) is 22.4. The topological polar surface area (TPSA) is 268 Å². The molecule has 3 aliphatic heterocycles.